The maximum absolute atomic E-state index is 12.2. The van der Waals surface area contributed by atoms with Crippen LogP contribution in [0.5, 0.6) is 0 Å². The molecule has 0 spiro atoms. The lowest BCUT2D eigenvalue weighted by atomic mass is 9.95. The maximum Gasteiger partial charge on any atom is 0.307 e. The van der Waals surface area contributed by atoms with Crippen molar-refractivity contribution in [3.63, 3.8) is 0 Å². The number of hydrogen-bond donors (Lipinski definition) is 3. The molecule has 0 bridgehead atoms. The molecular weight excluding hydrogens is 260 g/mol. The van der Waals surface area contributed by atoms with Gasteiger partial charge in [-0.15, -0.1) is 0 Å². The summed E-state index contributed by atoms with van der Waals surface area (Å²) < 4.78 is 0. The fourth-order valence-corrected chi connectivity index (χ4v) is 2.79. The standard InChI is InChI=1S/C14H22N2O4/c1-7-5-10(11(6-7)14(19)20)13(18)15-8(2)12(17)16-9-3-4-9/h7-11H,3-6H2,1-2H3,(H,15,18)(H,16,17)(H,19,20). The van der Waals surface area contributed by atoms with Gasteiger partial charge in [-0.05, 0) is 38.5 Å². The summed E-state index contributed by atoms with van der Waals surface area (Å²) in [6.45, 7) is 3.58. The van der Waals surface area contributed by atoms with Gasteiger partial charge < -0.3 is 15.7 Å². The smallest absolute Gasteiger partial charge is 0.307 e. The Balaban J connectivity index is 1.89. The molecule has 20 heavy (non-hydrogen) atoms. The van der Waals surface area contributed by atoms with E-state index in [1.54, 1.807) is 6.92 Å². The number of nitrogens with one attached hydrogen (secondary N) is 2. The minimum absolute atomic E-state index is 0.196. The Morgan fingerprint density at radius 2 is 1.75 bits per heavy atom. The number of rotatable bonds is 5. The summed E-state index contributed by atoms with van der Waals surface area (Å²) in [5, 5.41) is 14.6. The van der Waals surface area contributed by atoms with Gasteiger partial charge in [0.2, 0.25) is 11.8 Å². The summed E-state index contributed by atoms with van der Waals surface area (Å²) in [7, 11) is 0. The summed E-state index contributed by atoms with van der Waals surface area (Å²) in [5.74, 6) is -2.38. The first kappa shape index (κ1) is 14.8. The fraction of sp³-hybridized carbons (Fsp3) is 0.786. The molecular formula is C14H22N2O4. The quantitative estimate of drug-likeness (QED) is 0.685. The first-order valence-electron chi connectivity index (χ1n) is 7.22. The van der Waals surface area contributed by atoms with E-state index < -0.39 is 23.8 Å². The molecule has 2 fully saturated rings. The zero-order valence-electron chi connectivity index (χ0n) is 11.9. The van der Waals surface area contributed by atoms with Gasteiger partial charge in [0.25, 0.3) is 0 Å². The van der Waals surface area contributed by atoms with Crippen LogP contribution in [0.2, 0.25) is 0 Å². The van der Waals surface area contributed by atoms with E-state index in [4.69, 9.17) is 5.11 Å². The summed E-state index contributed by atoms with van der Waals surface area (Å²) in [5.41, 5.74) is 0. The van der Waals surface area contributed by atoms with Crippen molar-refractivity contribution in [2.75, 3.05) is 0 Å². The van der Waals surface area contributed by atoms with Crippen LogP contribution in [-0.4, -0.2) is 35.0 Å². The van der Waals surface area contributed by atoms with Gasteiger partial charge in [-0.25, -0.2) is 0 Å². The minimum Gasteiger partial charge on any atom is -0.481 e. The topological polar surface area (TPSA) is 95.5 Å². The molecule has 0 aromatic rings. The summed E-state index contributed by atoms with van der Waals surface area (Å²) in [6, 6.07) is -0.367. The Morgan fingerprint density at radius 1 is 1.15 bits per heavy atom. The van der Waals surface area contributed by atoms with E-state index in [0.717, 1.165) is 12.8 Å². The van der Waals surface area contributed by atoms with E-state index in [1.807, 2.05) is 6.92 Å². The highest BCUT2D eigenvalue weighted by Crippen LogP contribution is 2.36. The van der Waals surface area contributed by atoms with Crippen LogP contribution in [0.1, 0.15) is 39.5 Å². The predicted molar refractivity (Wildman–Crippen MR) is 71.8 cm³/mol. The molecule has 112 valence electrons. The molecule has 0 aromatic heterocycles. The summed E-state index contributed by atoms with van der Waals surface area (Å²) in [6.07, 6.45) is 3.08. The number of amides is 2. The van der Waals surface area contributed by atoms with Gasteiger partial charge in [0.15, 0.2) is 0 Å². The number of hydrogen-bond acceptors (Lipinski definition) is 3. The Labute approximate surface area is 118 Å². The third-order valence-corrected chi connectivity index (χ3v) is 4.13. The Bertz CT molecular complexity index is 419. The monoisotopic (exact) mass is 282 g/mol. The molecule has 6 nitrogen and oxygen atoms in total. The zero-order valence-corrected chi connectivity index (χ0v) is 11.9. The van der Waals surface area contributed by atoms with Gasteiger partial charge in [0, 0.05) is 6.04 Å². The number of carbonyl (C=O) groups excluding carboxylic acids is 2. The van der Waals surface area contributed by atoms with Crippen molar-refractivity contribution in [3.8, 4) is 0 Å². The van der Waals surface area contributed by atoms with Crippen LogP contribution in [0.15, 0.2) is 0 Å². The van der Waals surface area contributed by atoms with Crippen molar-refractivity contribution >= 4 is 17.8 Å². The molecule has 2 amide bonds. The molecule has 2 saturated carbocycles. The number of carbonyl (C=O) groups is 3. The van der Waals surface area contributed by atoms with E-state index in [-0.39, 0.29) is 23.8 Å². The predicted octanol–water partition coefficient (Wildman–Crippen LogP) is 0.517. The average Bonchev–Trinajstić information content (AvgIpc) is 3.08. The van der Waals surface area contributed by atoms with Gasteiger partial charge in [0.05, 0.1) is 11.8 Å². The molecule has 0 heterocycles. The molecule has 2 aliphatic carbocycles. The maximum atomic E-state index is 12.2. The van der Waals surface area contributed by atoms with Crippen molar-refractivity contribution in [3.05, 3.63) is 0 Å². The molecule has 3 N–H and O–H groups in total. The van der Waals surface area contributed by atoms with E-state index in [0.29, 0.717) is 12.8 Å². The minimum atomic E-state index is -0.926. The highest BCUT2D eigenvalue weighted by Gasteiger charge is 2.41. The van der Waals surface area contributed by atoms with E-state index in [1.165, 1.54) is 0 Å². The van der Waals surface area contributed by atoms with Gasteiger partial charge in [0.1, 0.15) is 6.04 Å². The van der Waals surface area contributed by atoms with Crippen LogP contribution >= 0.6 is 0 Å². The van der Waals surface area contributed by atoms with Crippen molar-refractivity contribution in [2.24, 2.45) is 17.8 Å². The molecule has 2 rings (SSSR count). The van der Waals surface area contributed by atoms with Crippen molar-refractivity contribution in [1.29, 1.82) is 0 Å². The van der Waals surface area contributed by atoms with Crippen LogP contribution in [0.3, 0.4) is 0 Å². The van der Waals surface area contributed by atoms with Gasteiger partial charge in [-0.3, -0.25) is 14.4 Å². The Hall–Kier alpha value is -1.59. The Kier molecular flexibility index (Phi) is 4.30. The summed E-state index contributed by atoms with van der Waals surface area (Å²) in [4.78, 5) is 35.1. The zero-order chi connectivity index (χ0) is 14.9. The van der Waals surface area contributed by atoms with Gasteiger partial charge in [-0.2, -0.15) is 0 Å². The molecule has 0 radical (unpaired) electrons. The third-order valence-electron chi connectivity index (χ3n) is 4.13. The van der Waals surface area contributed by atoms with Crippen LogP contribution in [0, 0.1) is 17.8 Å². The first-order chi connectivity index (χ1) is 9.38. The molecule has 2 aliphatic rings. The van der Waals surface area contributed by atoms with Crippen molar-refractivity contribution < 1.29 is 19.5 Å². The van der Waals surface area contributed by atoms with Gasteiger partial charge in [-0.1, -0.05) is 6.92 Å². The molecule has 4 atom stereocenters. The lowest BCUT2D eigenvalue weighted by molar-refractivity contribution is -0.146. The highest BCUT2D eigenvalue weighted by atomic mass is 16.4. The second-order valence-electron chi connectivity index (χ2n) is 6.14. The lowest BCUT2D eigenvalue weighted by Crippen LogP contribution is -2.48. The lowest BCUT2D eigenvalue weighted by Gasteiger charge is -2.19. The summed E-state index contributed by atoms with van der Waals surface area (Å²) >= 11 is 0. The third kappa shape index (κ3) is 3.49. The van der Waals surface area contributed by atoms with Crippen LogP contribution < -0.4 is 10.6 Å². The molecule has 6 heteroatoms. The van der Waals surface area contributed by atoms with Crippen molar-refractivity contribution in [1.82, 2.24) is 10.6 Å². The highest BCUT2D eigenvalue weighted by molar-refractivity contribution is 5.90. The first-order valence-corrected chi connectivity index (χ1v) is 7.22. The van der Waals surface area contributed by atoms with Crippen LogP contribution in [0.4, 0.5) is 0 Å². The number of carboxylic acids is 1. The van der Waals surface area contributed by atoms with E-state index in [2.05, 4.69) is 10.6 Å². The fourth-order valence-electron chi connectivity index (χ4n) is 2.79. The Morgan fingerprint density at radius 3 is 2.30 bits per heavy atom. The van der Waals surface area contributed by atoms with E-state index >= 15 is 0 Å². The normalized spacial score (nSPS) is 30.6. The molecule has 0 aromatic carbocycles. The van der Waals surface area contributed by atoms with Crippen LogP contribution in [0.25, 0.3) is 0 Å². The van der Waals surface area contributed by atoms with Crippen LogP contribution in [-0.2, 0) is 14.4 Å². The second kappa shape index (κ2) is 5.81. The number of aliphatic carboxylic acids is 1. The van der Waals surface area contributed by atoms with Crippen molar-refractivity contribution in [2.45, 2.75) is 51.6 Å². The average molecular weight is 282 g/mol. The number of carboxylic acid groups (broad SMARTS) is 1. The largest absolute Gasteiger partial charge is 0.481 e. The van der Waals surface area contributed by atoms with E-state index in [9.17, 15) is 14.4 Å². The molecule has 0 aliphatic heterocycles. The van der Waals surface area contributed by atoms with Gasteiger partial charge >= 0.3 is 5.97 Å². The molecule has 0 saturated heterocycles. The second-order valence-corrected chi connectivity index (χ2v) is 6.14. The molecule has 4 unspecified atom stereocenters. The SMILES string of the molecule is CC1CC(C(=O)O)C(C(=O)NC(C)C(=O)NC2CC2)C1.